The first kappa shape index (κ1) is 19.6. The number of aliphatic imine (C=N–C) groups is 1. The molecule has 0 amide bonds. The van der Waals surface area contributed by atoms with Crippen LogP contribution in [0.1, 0.15) is 24.8 Å². The molecule has 3 rings (SSSR count). The van der Waals surface area contributed by atoms with Crippen molar-refractivity contribution in [3.05, 3.63) is 42.2 Å². The number of aromatic nitrogens is 2. The van der Waals surface area contributed by atoms with Gasteiger partial charge in [-0.3, -0.25) is 10.0 Å². The van der Waals surface area contributed by atoms with Gasteiger partial charge in [-0.25, -0.2) is 10.8 Å². The monoisotopic (exact) mass is 381 g/mol. The molecule has 0 spiro atoms. The molecule has 0 aliphatic heterocycles. The van der Waals surface area contributed by atoms with E-state index in [0.717, 1.165) is 36.1 Å². The van der Waals surface area contributed by atoms with E-state index in [2.05, 4.69) is 20.3 Å². The molecule has 2 aromatic rings. The zero-order valence-electron chi connectivity index (χ0n) is 15.9. The van der Waals surface area contributed by atoms with Gasteiger partial charge in [0.1, 0.15) is 0 Å². The van der Waals surface area contributed by atoms with Gasteiger partial charge in [0.2, 0.25) is 5.95 Å². The molecule has 1 fully saturated rings. The first-order valence-corrected chi connectivity index (χ1v) is 9.15. The number of rotatable bonds is 6. The molecule has 1 aromatic heterocycles. The molecule has 2 atom stereocenters. The Morgan fingerprint density at radius 2 is 2.04 bits per heavy atom. The van der Waals surface area contributed by atoms with Gasteiger partial charge in [0.25, 0.3) is 0 Å². The van der Waals surface area contributed by atoms with Gasteiger partial charge in [-0.2, -0.15) is 4.98 Å². The maximum Gasteiger partial charge on any atom is 0.225 e. The van der Waals surface area contributed by atoms with Crippen LogP contribution in [0.3, 0.4) is 0 Å². The molecule has 0 bridgehead atoms. The molecular weight excluding hydrogens is 354 g/mol. The topological polar surface area (TPSA) is 157 Å². The average Bonchev–Trinajstić information content (AvgIpc) is 3.12. The fourth-order valence-electron chi connectivity index (χ4n) is 3.26. The summed E-state index contributed by atoms with van der Waals surface area (Å²) < 4.78 is 0. The van der Waals surface area contributed by atoms with E-state index in [9.17, 15) is 0 Å². The fraction of sp³-hybridized carbons (Fsp3) is 0.316. The van der Waals surface area contributed by atoms with E-state index in [1.165, 1.54) is 11.2 Å². The minimum atomic E-state index is 0.223. The SMILES string of the molecule is CN=CC(=CN)c1ccc(N(N)c2nc(NC3CCC(N)C3)ncc2N)cc1. The molecule has 28 heavy (non-hydrogen) atoms. The number of nitrogen functional groups attached to an aromatic ring is 1. The number of anilines is 4. The van der Waals surface area contributed by atoms with Crippen LogP contribution >= 0.6 is 0 Å². The summed E-state index contributed by atoms with van der Waals surface area (Å²) in [7, 11) is 1.70. The molecule has 1 heterocycles. The molecule has 1 saturated carbocycles. The lowest BCUT2D eigenvalue weighted by Gasteiger charge is -2.21. The Hall–Kier alpha value is -3.17. The van der Waals surface area contributed by atoms with Gasteiger partial charge in [-0.15, -0.1) is 0 Å². The Morgan fingerprint density at radius 3 is 2.64 bits per heavy atom. The Labute approximate surface area is 164 Å². The van der Waals surface area contributed by atoms with Gasteiger partial charge in [0.15, 0.2) is 5.82 Å². The number of hydrogen-bond donors (Lipinski definition) is 5. The van der Waals surface area contributed by atoms with Crippen LogP contribution in [0.2, 0.25) is 0 Å². The van der Waals surface area contributed by atoms with Crippen LogP contribution in [0.4, 0.5) is 23.1 Å². The smallest absolute Gasteiger partial charge is 0.225 e. The molecule has 1 aliphatic rings. The highest BCUT2D eigenvalue weighted by Gasteiger charge is 2.22. The summed E-state index contributed by atoms with van der Waals surface area (Å²) >= 11 is 0. The van der Waals surface area contributed by atoms with Gasteiger partial charge in [-0.1, -0.05) is 12.1 Å². The highest BCUT2D eigenvalue weighted by Crippen LogP contribution is 2.28. The summed E-state index contributed by atoms with van der Waals surface area (Å²) in [6, 6.07) is 8.04. The molecule has 0 radical (unpaired) electrons. The van der Waals surface area contributed by atoms with Crippen molar-refractivity contribution < 1.29 is 0 Å². The Bertz CT molecular complexity index is 860. The summed E-state index contributed by atoms with van der Waals surface area (Å²) in [4.78, 5) is 12.8. The van der Waals surface area contributed by atoms with Crippen molar-refractivity contribution >= 4 is 34.9 Å². The van der Waals surface area contributed by atoms with Crippen LogP contribution in [0.15, 0.2) is 41.7 Å². The quantitative estimate of drug-likeness (QED) is 0.285. The molecular formula is C19H27N9. The predicted octanol–water partition coefficient (Wildman–Crippen LogP) is 1.36. The Morgan fingerprint density at radius 1 is 1.29 bits per heavy atom. The van der Waals surface area contributed by atoms with E-state index in [1.807, 2.05) is 24.3 Å². The normalized spacial score (nSPS) is 19.9. The van der Waals surface area contributed by atoms with Crippen molar-refractivity contribution in [1.82, 2.24) is 9.97 Å². The zero-order chi connectivity index (χ0) is 20.1. The molecule has 9 heteroatoms. The first-order valence-electron chi connectivity index (χ1n) is 9.15. The lowest BCUT2D eigenvalue weighted by Crippen LogP contribution is -2.28. The number of nitrogens with zero attached hydrogens (tertiary/aromatic N) is 4. The van der Waals surface area contributed by atoms with E-state index in [4.69, 9.17) is 23.0 Å². The van der Waals surface area contributed by atoms with E-state index >= 15 is 0 Å². The van der Waals surface area contributed by atoms with Crippen LogP contribution in [0.5, 0.6) is 0 Å². The van der Waals surface area contributed by atoms with Crippen molar-refractivity contribution in [2.45, 2.75) is 31.3 Å². The Kier molecular flexibility index (Phi) is 6.07. The van der Waals surface area contributed by atoms with Crippen molar-refractivity contribution in [2.24, 2.45) is 22.3 Å². The van der Waals surface area contributed by atoms with Gasteiger partial charge in [0, 0.05) is 37.1 Å². The maximum absolute atomic E-state index is 6.28. The van der Waals surface area contributed by atoms with Crippen LogP contribution in [-0.2, 0) is 0 Å². The van der Waals surface area contributed by atoms with Gasteiger partial charge in [-0.05, 0) is 37.0 Å². The van der Waals surface area contributed by atoms with E-state index < -0.39 is 0 Å². The molecule has 2 unspecified atom stereocenters. The van der Waals surface area contributed by atoms with Crippen LogP contribution in [0, 0.1) is 0 Å². The van der Waals surface area contributed by atoms with Crippen LogP contribution in [0.25, 0.3) is 5.57 Å². The minimum absolute atomic E-state index is 0.223. The number of benzene rings is 1. The Balaban J connectivity index is 1.79. The fourth-order valence-corrected chi connectivity index (χ4v) is 3.26. The third-order valence-corrected chi connectivity index (χ3v) is 4.76. The molecule has 9 N–H and O–H groups in total. The maximum atomic E-state index is 6.28. The van der Waals surface area contributed by atoms with Crippen LogP contribution < -0.4 is 33.4 Å². The third-order valence-electron chi connectivity index (χ3n) is 4.76. The standard InChI is InChI=1S/C19H27N9/c1-24-10-13(9-20)12-2-6-16(7-3-12)28(23)18-17(22)11-25-19(27-18)26-15-5-4-14(21)8-15/h2-3,6-7,9-11,14-15H,4-5,8,20-23H2,1H3,(H,25,26,27). The predicted molar refractivity (Wildman–Crippen MR) is 115 cm³/mol. The summed E-state index contributed by atoms with van der Waals surface area (Å²) in [5.41, 5.74) is 20.6. The largest absolute Gasteiger partial charge is 0.404 e. The highest BCUT2D eigenvalue weighted by molar-refractivity contribution is 6.09. The van der Waals surface area contributed by atoms with Crippen LogP contribution in [-0.4, -0.2) is 35.3 Å². The average molecular weight is 381 g/mol. The third kappa shape index (κ3) is 4.38. The summed E-state index contributed by atoms with van der Waals surface area (Å²) in [5, 5.41) is 4.75. The lowest BCUT2D eigenvalue weighted by atomic mass is 10.1. The molecule has 148 valence electrons. The number of nitrogens with two attached hydrogens (primary N) is 4. The lowest BCUT2D eigenvalue weighted by molar-refractivity contribution is 0.685. The van der Waals surface area contributed by atoms with Gasteiger partial charge < -0.3 is 22.5 Å². The van der Waals surface area contributed by atoms with E-state index in [1.54, 1.807) is 19.5 Å². The summed E-state index contributed by atoms with van der Waals surface area (Å²) in [6.45, 7) is 0. The van der Waals surface area contributed by atoms with Crippen molar-refractivity contribution in [1.29, 1.82) is 0 Å². The van der Waals surface area contributed by atoms with Gasteiger partial charge in [0.05, 0.1) is 17.6 Å². The van der Waals surface area contributed by atoms with Crippen molar-refractivity contribution in [3.63, 3.8) is 0 Å². The van der Waals surface area contributed by atoms with Crippen molar-refractivity contribution in [3.8, 4) is 0 Å². The first-order chi connectivity index (χ1) is 13.5. The highest BCUT2D eigenvalue weighted by atomic mass is 15.4. The number of hydrazine groups is 1. The second-order valence-corrected chi connectivity index (χ2v) is 6.81. The van der Waals surface area contributed by atoms with Crippen molar-refractivity contribution in [2.75, 3.05) is 23.1 Å². The van der Waals surface area contributed by atoms with E-state index in [0.29, 0.717) is 17.5 Å². The molecule has 1 aromatic carbocycles. The number of hydrogen-bond acceptors (Lipinski definition) is 9. The summed E-state index contributed by atoms with van der Waals surface area (Å²) in [5.74, 6) is 7.20. The van der Waals surface area contributed by atoms with Gasteiger partial charge >= 0.3 is 0 Å². The second-order valence-electron chi connectivity index (χ2n) is 6.81. The number of nitrogens with one attached hydrogen (secondary N) is 1. The second kappa shape index (κ2) is 8.68. The van der Waals surface area contributed by atoms with E-state index in [-0.39, 0.29) is 12.1 Å². The molecule has 9 nitrogen and oxygen atoms in total. The minimum Gasteiger partial charge on any atom is -0.404 e. The molecule has 0 saturated heterocycles. The molecule has 1 aliphatic carbocycles. The summed E-state index contributed by atoms with van der Waals surface area (Å²) in [6.07, 6.45) is 7.66. The number of allylic oxidation sites excluding steroid dienone is 1. The zero-order valence-corrected chi connectivity index (χ0v) is 15.9.